The van der Waals surface area contributed by atoms with Gasteiger partial charge in [0, 0.05) is 0 Å². The lowest BCUT2D eigenvalue weighted by molar-refractivity contribution is -0.191. The first-order valence-electron chi connectivity index (χ1n) is 2.64. The van der Waals surface area contributed by atoms with Crippen LogP contribution < -0.4 is 0 Å². The summed E-state index contributed by atoms with van der Waals surface area (Å²) < 4.78 is 48.0. The molecule has 0 atom stereocenters. The number of rotatable bonds is 2. The lowest BCUT2D eigenvalue weighted by Gasteiger charge is -2.36. The van der Waals surface area contributed by atoms with Crippen molar-refractivity contribution in [1.82, 2.24) is 0 Å². The zero-order chi connectivity index (χ0) is 12.0. The molecule has 0 aliphatic carbocycles. The van der Waals surface area contributed by atoms with Gasteiger partial charge in [0.2, 0.25) is 3.03 Å². The molecule has 0 amide bonds. The van der Waals surface area contributed by atoms with Crippen LogP contribution >= 0.6 is 105 Å². The van der Waals surface area contributed by atoms with Gasteiger partial charge in [0.05, 0.1) is 0 Å². The van der Waals surface area contributed by atoms with Crippen LogP contribution in [0.4, 0.5) is 17.6 Å². The largest absolute Gasteiger partial charge is 0.349 e. The normalized spacial score (nSPS) is 15.9. The van der Waals surface area contributed by atoms with E-state index >= 15 is 0 Å². The molecule has 0 N–H and O–H groups in total. The van der Waals surface area contributed by atoms with Crippen molar-refractivity contribution in [3.05, 3.63) is 0 Å². The third-order valence-electron chi connectivity index (χ3n) is 1.11. The molecule has 0 rings (SSSR count). The maximum absolute atomic E-state index is 13.2. The van der Waals surface area contributed by atoms with Crippen molar-refractivity contribution >= 4 is 105 Å². The van der Waals surface area contributed by atoms with Crippen LogP contribution in [0.15, 0.2) is 0 Å². The van der Waals surface area contributed by atoms with E-state index in [4.69, 9.17) is 11.6 Å². The summed E-state index contributed by atoms with van der Waals surface area (Å²) in [5, 5.41) is 0. The topological polar surface area (TPSA) is 0 Å². The molecule has 0 aromatic heterocycles. The summed E-state index contributed by atoms with van der Waals surface area (Å²) in [4.78, 5) is 0. The summed E-state index contributed by atoms with van der Waals surface area (Å²) in [6, 6.07) is 0. The fourth-order valence-corrected chi connectivity index (χ4v) is 1.90. The minimum atomic E-state index is -4.42. The zero-order valence-corrected chi connectivity index (χ0v) is 15.6. The second-order valence-electron chi connectivity index (χ2n) is 2.14. The predicted molar refractivity (Wildman–Crippen MR) is 76.0 cm³/mol. The van der Waals surface area contributed by atoms with Crippen molar-refractivity contribution < 1.29 is 17.6 Å². The fourth-order valence-electron chi connectivity index (χ4n) is 0.356. The van der Waals surface area contributed by atoms with E-state index in [0.29, 0.717) is 0 Å². The molecule has 0 saturated heterocycles. The van der Waals surface area contributed by atoms with Gasteiger partial charge in [-0.2, -0.15) is 17.6 Å². The standard InChI is InChI=1S/C4Br3ClF4I2/c5-3(6,7)1(9,10)2(11,12)4(8,13)14. The third kappa shape index (κ3) is 3.22. The molecule has 0 fully saturated rings. The van der Waals surface area contributed by atoms with Gasteiger partial charge in [-0.3, -0.25) is 0 Å². The fraction of sp³-hybridized carbons (Fsp3) is 1.00. The highest BCUT2D eigenvalue weighted by atomic mass is 127. The van der Waals surface area contributed by atoms with Crippen molar-refractivity contribution in [3.63, 3.8) is 0 Å². The molecule has 0 unspecified atom stereocenters. The summed E-state index contributed by atoms with van der Waals surface area (Å²) in [5.74, 6) is -8.83. The Hall–Kier alpha value is 2.91. The summed E-state index contributed by atoms with van der Waals surface area (Å²) in [5.41, 5.74) is 0. The van der Waals surface area contributed by atoms with Gasteiger partial charge in [-0.25, -0.2) is 0 Å². The van der Waals surface area contributed by atoms with Crippen molar-refractivity contribution in [1.29, 1.82) is 0 Å². The first-order valence-corrected chi connectivity index (χ1v) is 7.55. The van der Waals surface area contributed by atoms with Gasteiger partial charge in [0.1, 0.15) is 0 Å². The minimum absolute atomic E-state index is 1.04. The highest BCUT2D eigenvalue weighted by molar-refractivity contribution is 14.2. The molecule has 0 radical (unpaired) electrons. The SMILES string of the molecule is FC(F)(C(Br)(Br)Br)C(F)(F)C(Cl)(I)I. The van der Waals surface area contributed by atoms with E-state index < -0.39 is 14.9 Å². The van der Waals surface area contributed by atoms with Crippen LogP contribution in [0.25, 0.3) is 0 Å². The van der Waals surface area contributed by atoms with Crippen LogP contribution in [0, 0.1) is 0 Å². The van der Waals surface area contributed by atoms with E-state index in [9.17, 15) is 17.6 Å². The number of alkyl halides is 10. The first-order chi connectivity index (χ1) is 5.75. The summed E-state index contributed by atoms with van der Waals surface area (Å²) in [6.45, 7) is 0. The zero-order valence-electron chi connectivity index (χ0n) is 5.78. The van der Waals surface area contributed by atoms with Gasteiger partial charge in [0.25, 0.3) is 0 Å². The van der Waals surface area contributed by atoms with Gasteiger partial charge in [-0.05, 0) is 45.2 Å². The molecule has 10 heteroatoms. The number of halogens is 10. The quantitative estimate of drug-likeness (QED) is 0.199. The van der Waals surface area contributed by atoms with E-state index in [1.165, 1.54) is 0 Å². The maximum atomic E-state index is 13.2. The van der Waals surface area contributed by atoms with Crippen molar-refractivity contribution in [2.24, 2.45) is 0 Å². The molecule has 0 aliphatic heterocycles. The second kappa shape index (κ2) is 4.88. The van der Waals surface area contributed by atoms with Crippen LogP contribution in [0.3, 0.4) is 0 Å². The smallest absolute Gasteiger partial charge is 0.196 e. The molecule has 0 bridgehead atoms. The van der Waals surface area contributed by atoms with Crippen molar-refractivity contribution in [2.75, 3.05) is 0 Å². The molecule has 86 valence electrons. The Bertz CT molecular complexity index is 200. The van der Waals surface area contributed by atoms with Gasteiger partial charge in [-0.1, -0.05) is 59.4 Å². The molecule has 0 aromatic rings. The molecule has 0 aliphatic rings. The molecule has 0 saturated carbocycles. The lowest BCUT2D eigenvalue weighted by atomic mass is 10.2. The Morgan fingerprint density at radius 2 is 1.14 bits per heavy atom. The Balaban J connectivity index is 5.30. The van der Waals surface area contributed by atoms with Gasteiger partial charge >= 0.3 is 11.8 Å². The summed E-state index contributed by atoms with van der Waals surface area (Å²) >= 11 is 14.4. The van der Waals surface area contributed by atoms with Gasteiger partial charge in [0.15, 0.2) is 0 Å². The molecule has 0 aromatic carbocycles. The van der Waals surface area contributed by atoms with E-state index in [0.717, 1.165) is 45.2 Å². The number of hydrogen-bond donors (Lipinski definition) is 0. The van der Waals surface area contributed by atoms with Gasteiger partial charge < -0.3 is 0 Å². The van der Waals surface area contributed by atoms with E-state index in [2.05, 4.69) is 47.8 Å². The van der Waals surface area contributed by atoms with Crippen molar-refractivity contribution in [2.45, 2.75) is 14.9 Å². The van der Waals surface area contributed by atoms with Crippen LogP contribution in [-0.2, 0) is 0 Å². The highest BCUT2D eigenvalue weighted by Crippen LogP contribution is 2.61. The average Bonchev–Trinajstić information content (AvgIpc) is 1.81. The Kier molecular flexibility index (Phi) is 5.90. The van der Waals surface area contributed by atoms with E-state index in [-0.39, 0.29) is 0 Å². The molecule has 14 heavy (non-hydrogen) atoms. The first kappa shape index (κ1) is 16.9. The van der Waals surface area contributed by atoms with E-state index in [1.807, 2.05) is 0 Å². The minimum Gasteiger partial charge on any atom is -0.196 e. The Labute approximate surface area is 135 Å². The predicted octanol–water partition coefficient (Wildman–Crippen LogP) is 5.86. The van der Waals surface area contributed by atoms with Crippen LogP contribution in [0.5, 0.6) is 0 Å². The van der Waals surface area contributed by atoms with Gasteiger partial charge in [-0.15, -0.1) is 0 Å². The van der Waals surface area contributed by atoms with Crippen LogP contribution in [0.2, 0.25) is 0 Å². The van der Waals surface area contributed by atoms with E-state index in [1.54, 1.807) is 0 Å². The van der Waals surface area contributed by atoms with Crippen molar-refractivity contribution in [3.8, 4) is 0 Å². The van der Waals surface area contributed by atoms with Crippen LogP contribution in [0.1, 0.15) is 0 Å². The molecular formula is C4Br3ClF4I2. The average molecular weight is 653 g/mol. The van der Waals surface area contributed by atoms with Crippen LogP contribution in [-0.4, -0.2) is 14.9 Å². The molecule has 0 heterocycles. The highest BCUT2D eigenvalue weighted by Gasteiger charge is 2.73. The lowest BCUT2D eigenvalue weighted by Crippen LogP contribution is -2.56. The Morgan fingerprint density at radius 3 is 1.21 bits per heavy atom. The maximum Gasteiger partial charge on any atom is 0.349 e. The Morgan fingerprint density at radius 1 is 0.857 bits per heavy atom. The monoisotopic (exact) mass is 650 g/mol. The molecular weight excluding hydrogens is 653 g/mol. The summed E-state index contributed by atoms with van der Waals surface area (Å²) in [7, 11) is 0. The molecule has 0 spiro atoms. The summed E-state index contributed by atoms with van der Waals surface area (Å²) in [6.07, 6.45) is 0. The second-order valence-corrected chi connectivity index (χ2v) is 16.0. The third-order valence-corrected chi connectivity index (χ3v) is 4.19. The number of hydrogen-bond acceptors (Lipinski definition) is 0. The molecule has 0 nitrogen and oxygen atoms in total.